The van der Waals surface area contributed by atoms with Crippen molar-refractivity contribution in [3.63, 3.8) is 0 Å². The van der Waals surface area contributed by atoms with Crippen LogP contribution in [0.1, 0.15) is 16.1 Å². The third-order valence-electron chi connectivity index (χ3n) is 3.30. The van der Waals surface area contributed by atoms with Crippen LogP contribution in [0.3, 0.4) is 0 Å². The van der Waals surface area contributed by atoms with Gasteiger partial charge in [-0.2, -0.15) is 5.10 Å². The molecular formula is C16H16Cl3N4O2+. The molecule has 9 heteroatoms. The lowest BCUT2D eigenvalue weighted by Gasteiger charge is -2.23. The molecule has 6 nitrogen and oxygen atoms in total. The van der Waals surface area contributed by atoms with Gasteiger partial charge in [0.2, 0.25) is 0 Å². The first-order valence-corrected chi connectivity index (χ1v) is 8.23. The molecule has 0 spiro atoms. The Kier molecular flexibility index (Phi) is 5.90. The zero-order chi connectivity index (χ0) is 18.8. The second kappa shape index (κ2) is 7.58. The predicted molar refractivity (Wildman–Crippen MR) is 103 cm³/mol. The number of aromatic carboxylic acids is 1. The fraction of sp³-hybridized carbons (Fsp3) is 0.188. The van der Waals surface area contributed by atoms with Crippen molar-refractivity contribution < 1.29 is 9.90 Å². The van der Waals surface area contributed by atoms with E-state index in [4.69, 9.17) is 39.9 Å². The van der Waals surface area contributed by atoms with Crippen molar-refractivity contribution in [3.05, 3.63) is 50.7 Å². The molecule has 25 heavy (non-hydrogen) atoms. The van der Waals surface area contributed by atoms with Gasteiger partial charge >= 0.3 is 5.97 Å². The number of hydrogen-bond donors (Lipinski definition) is 2. The van der Waals surface area contributed by atoms with Gasteiger partial charge in [0.1, 0.15) is 15.7 Å². The van der Waals surface area contributed by atoms with E-state index in [1.165, 1.54) is 0 Å². The van der Waals surface area contributed by atoms with Crippen LogP contribution < -0.4 is 9.91 Å². The van der Waals surface area contributed by atoms with E-state index in [1.54, 1.807) is 6.21 Å². The molecule has 0 fully saturated rings. The van der Waals surface area contributed by atoms with Crippen LogP contribution in [0, 0.1) is 0 Å². The topological polar surface area (TPSA) is 74.6 Å². The van der Waals surface area contributed by atoms with Crippen LogP contribution in [0.15, 0.2) is 29.4 Å². The van der Waals surface area contributed by atoms with Crippen LogP contribution in [-0.4, -0.2) is 43.4 Å². The minimum absolute atomic E-state index is 0.00537. The molecule has 0 unspecified atom stereocenters. The number of benzene rings is 1. The summed E-state index contributed by atoms with van der Waals surface area (Å²) >= 11 is 17.9. The highest BCUT2D eigenvalue weighted by Crippen LogP contribution is 2.36. The van der Waals surface area contributed by atoms with E-state index in [-0.39, 0.29) is 20.9 Å². The Morgan fingerprint density at radius 1 is 1.16 bits per heavy atom. The number of aromatic nitrogens is 1. The monoisotopic (exact) mass is 401 g/mol. The maximum absolute atomic E-state index is 11.1. The summed E-state index contributed by atoms with van der Waals surface area (Å²) in [5.41, 5.74) is 4.29. The fourth-order valence-electron chi connectivity index (χ4n) is 1.93. The van der Waals surface area contributed by atoms with Gasteiger partial charge in [-0.25, -0.2) is 9.78 Å². The van der Waals surface area contributed by atoms with Gasteiger partial charge < -0.3 is 5.11 Å². The van der Waals surface area contributed by atoms with E-state index in [9.17, 15) is 4.79 Å². The van der Waals surface area contributed by atoms with Gasteiger partial charge in [-0.3, -0.25) is 9.91 Å². The van der Waals surface area contributed by atoms with E-state index in [0.29, 0.717) is 4.48 Å². The average Bonchev–Trinajstić information content (AvgIpc) is 2.53. The van der Waals surface area contributed by atoms with Gasteiger partial charge in [-0.1, -0.05) is 34.8 Å². The number of pyridine rings is 1. The molecule has 0 aliphatic carbocycles. The van der Waals surface area contributed by atoms with Crippen molar-refractivity contribution in [1.82, 2.24) is 9.47 Å². The van der Waals surface area contributed by atoms with E-state index in [2.05, 4.69) is 36.7 Å². The molecule has 0 bridgehead atoms. The van der Waals surface area contributed by atoms with Gasteiger partial charge in [0.05, 0.1) is 33.0 Å². The molecule has 0 aliphatic heterocycles. The smallest absolute Gasteiger partial charge is 0.356 e. The molecule has 1 aromatic carbocycles. The molecule has 1 aromatic heterocycles. The van der Waals surface area contributed by atoms with Crippen LogP contribution in [0.25, 0.3) is 0 Å². The van der Waals surface area contributed by atoms with Gasteiger partial charge in [-0.05, 0) is 29.8 Å². The molecule has 132 valence electrons. The predicted octanol–water partition coefficient (Wildman–Crippen LogP) is 4.38. The molecule has 0 atom stereocenters. The van der Waals surface area contributed by atoms with Crippen molar-refractivity contribution >= 4 is 58.4 Å². The van der Waals surface area contributed by atoms with Gasteiger partial charge in [-0.15, -0.1) is 0 Å². The van der Waals surface area contributed by atoms with Crippen LogP contribution in [0.5, 0.6) is 0 Å². The maximum Gasteiger partial charge on any atom is 0.356 e. The Morgan fingerprint density at radius 2 is 1.76 bits per heavy atom. The summed E-state index contributed by atoms with van der Waals surface area (Å²) in [7, 11) is 6.21. The Labute approximate surface area is 160 Å². The summed E-state index contributed by atoms with van der Waals surface area (Å²) in [6.45, 7) is 0. The molecule has 0 aliphatic rings. The van der Waals surface area contributed by atoms with E-state index in [1.807, 2.05) is 24.3 Å². The highest BCUT2D eigenvalue weighted by Gasteiger charge is 2.20. The lowest BCUT2D eigenvalue weighted by atomic mass is 10.2. The van der Waals surface area contributed by atoms with Gasteiger partial charge in [0.25, 0.3) is 0 Å². The van der Waals surface area contributed by atoms with Crippen LogP contribution in [-0.2, 0) is 0 Å². The minimum Gasteiger partial charge on any atom is -0.476 e. The second-order valence-electron chi connectivity index (χ2n) is 6.03. The number of carboxylic acids is 1. The molecule has 0 radical (unpaired) electrons. The summed E-state index contributed by atoms with van der Waals surface area (Å²) in [4.78, 5) is 14.8. The Hall–Kier alpha value is -1.86. The lowest BCUT2D eigenvalue weighted by molar-refractivity contribution is 0.0691. The van der Waals surface area contributed by atoms with Crippen molar-refractivity contribution in [2.75, 3.05) is 26.6 Å². The number of hydrazone groups is 1. The van der Waals surface area contributed by atoms with Gasteiger partial charge in [0, 0.05) is 0 Å². The Bertz CT molecular complexity index is 831. The van der Waals surface area contributed by atoms with Crippen molar-refractivity contribution in [1.29, 1.82) is 0 Å². The highest BCUT2D eigenvalue weighted by molar-refractivity contribution is 6.46. The fourth-order valence-corrected chi connectivity index (χ4v) is 2.60. The number of carbonyl (C=O) groups is 1. The molecule has 1 heterocycles. The first-order chi connectivity index (χ1) is 11.6. The SMILES string of the molecule is C[N+](C)(C)c1ccc(/C=N/Nc2c(Cl)c(Cl)nc(C(=O)O)c2Cl)cc1. The lowest BCUT2D eigenvalue weighted by Crippen LogP contribution is -2.34. The van der Waals surface area contributed by atoms with Crippen molar-refractivity contribution in [2.45, 2.75) is 0 Å². The second-order valence-corrected chi connectivity index (χ2v) is 7.15. The zero-order valence-electron chi connectivity index (χ0n) is 13.7. The standard InChI is InChI=1S/C16H15Cl3N4O2/c1-23(2,3)10-6-4-9(5-7-10)8-20-22-13-11(17)14(16(24)25)21-15(19)12(13)18/h4-8H,1-3H3,(H-,21,22,24,25)/p+1/b20-8+. The number of hydrogen-bond acceptors (Lipinski definition) is 4. The molecule has 2 rings (SSSR count). The third kappa shape index (κ3) is 4.61. The Balaban J connectivity index is 2.24. The quantitative estimate of drug-likeness (QED) is 0.337. The van der Waals surface area contributed by atoms with Crippen molar-refractivity contribution in [2.24, 2.45) is 5.10 Å². The molecule has 0 amide bonds. The Morgan fingerprint density at radius 3 is 2.28 bits per heavy atom. The highest BCUT2D eigenvalue weighted by atomic mass is 35.5. The number of carboxylic acid groups (broad SMARTS) is 1. The first-order valence-electron chi connectivity index (χ1n) is 7.10. The number of nitrogens with one attached hydrogen (secondary N) is 1. The minimum atomic E-state index is -1.31. The van der Waals surface area contributed by atoms with Crippen LogP contribution in [0.4, 0.5) is 11.4 Å². The maximum atomic E-state index is 11.1. The molecular weight excluding hydrogens is 387 g/mol. The summed E-state index contributed by atoms with van der Waals surface area (Å²) in [5.74, 6) is -1.31. The van der Waals surface area contributed by atoms with Crippen molar-refractivity contribution in [3.8, 4) is 0 Å². The summed E-state index contributed by atoms with van der Waals surface area (Å²) in [6, 6.07) is 7.81. The molecule has 0 saturated heterocycles. The molecule has 2 aromatic rings. The average molecular weight is 403 g/mol. The van der Waals surface area contributed by atoms with E-state index >= 15 is 0 Å². The summed E-state index contributed by atoms with van der Waals surface area (Å²) < 4.78 is 0.703. The van der Waals surface area contributed by atoms with E-state index in [0.717, 1.165) is 11.3 Å². The number of nitrogens with zero attached hydrogens (tertiary/aromatic N) is 3. The van der Waals surface area contributed by atoms with E-state index < -0.39 is 11.7 Å². The van der Waals surface area contributed by atoms with Gasteiger partial charge in [0.15, 0.2) is 10.8 Å². The summed E-state index contributed by atoms with van der Waals surface area (Å²) in [6.07, 6.45) is 1.56. The van der Waals surface area contributed by atoms with Crippen LogP contribution in [0.2, 0.25) is 15.2 Å². The number of quaternary nitrogens is 1. The molecule has 2 N–H and O–H groups in total. The number of halogens is 3. The normalized spacial score (nSPS) is 11.8. The number of rotatable bonds is 5. The summed E-state index contributed by atoms with van der Waals surface area (Å²) in [5, 5.41) is 12.8. The first kappa shape index (κ1) is 19.5. The largest absolute Gasteiger partial charge is 0.476 e. The molecule has 0 saturated carbocycles. The zero-order valence-corrected chi connectivity index (χ0v) is 16.0. The van der Waals surface area contributed by atoms with Crippen LogP contribution >= 0.6 is 34.8 Å². The number of anilines is 1. The third-order valence-corrected chi connectivity index (χ3v) is 4.40.